The number of aromatic nitrogens is 2. The second-order valence-electron chi connectivity index (χ2n) is 7.01. The summed E-state index contributed by atoms with van der Waals surface area (Å²) in [6.07, 6.45) is 0.439. The highest BCUT2D eigenvalue weighted by Gasteiger charge is 2.35. The Kier molecular flexibility index (Phi) is 4.75. The highest BCUT2D eigenvalue weighted by atomic mass is 19.3. The lowest BCUT2D eigenvalue weighted by Crippen LogP contribution is -2.42. The van der Waals surface area contributed by atoms with Crippen LogP contribution in [0.5, 0.6) is 5.75 Å². The molecule has 0 radical (unpaired) electrons. The molecule has 0 bridgehead atoms. The van der Waals surface area contributed by atoms with E-state index in [1.54, 1.807) is 12.0 Å². The van der Waals surface area contributed by atoms with Crippen LogP contribution >= 0.6 is 0 Å². The van der Waals surface area contributed by atoms with E-state index in [-0.39, 0.29) is 13.0 Å². The van der Waals surface area contributed by atoms with Gasteiger partial charge in [-0.05, 0) is 49.2 Å². The topological polar surface area (TPSA) is 51.4 Å². The largest absolute Gasteiger partial charge is 0.496 e. The monoisotopic (exact) mass is 385 g/mol. The van der Waals surface area contributed by atoms with Gasteiger partial charge in [0.1, 0.15) is 5.75 Å². The van der Waals surface area contributed by atoms with E-state index in [2.05, 4.69) is 10.1 Å². The maximum Gasteiger partial charge on any atom is 0.265 e. The summed E-state index contributed by atoms with van der Waals surface area (Å²) in [7, 11) is 1.59. The van der Waals surface area contributed by atoms with Gasteiger partial charge in [-0.15, -0.1) is 0 Å². The van der Waals surface area contributed by atoms with Gasteiger partial charge in [-0.1, -0.05) is 17.3 Å². The average Bonchev–Trinajstić information content (AvgIpc) is 3.17. The van der Waals surface area contributed by atoms with Gasteiger partial charge in [-0.3, -0.25) is 0 Å². The first kappa shape index (κ1) is 18.4. The molecule has 0 atom stereocenters. The normalized spacial score (nSPS) is 16.2. The van der Waals surface area contributed by atoms with E-state index >= 15 is 0 Å². The predicted octanol–water partition coefficient (Wildman–Crippen LogP) is 4.96. The molecule has 5 nitrogen and oxygen atoms in total. The molecular formula is C21H21F2N3O2. The number of piperidine rings is 1. The van der Waals surface area contributed by atoms with Crippen molar-refractivity contribution in [3.8, 4) is 28.6 Å². The lowest BCUT2D eigenvalue weighted by molar-refractivity contribution is -0.0116. The average molecular weight is 385 g/mol. The van der Waals surface area contributed by atoms with Crippen LogP contribution < -0.4 is 9.64 Å². The number of rotatable bonds is 4. The van der Waals surface area contributed by atoms with E-state index in [1.165, 1.54) is 0 Å². The Balaban J connectivity index is 1.61. The summed E-state index contributed by atoms with van der Waals surface area (Å²) in [5, 5.41) is 4.06. The van der Waals surface area contributed by atoms with Crippen LogP contribution in [0.2, 0.25) is 0 Å². The van der Waals surface area contributed by atoms with Gasteiger partial charge in [0.2, 0.25) is 5.82 Å². The van der Waals surface area contributed by atoms with Crippen LogP contribution in [0.1, 0.15) is 18.4 Å². The van der Waals surface area contributed by atoms with Crippen LogP contribution in [0.4, 0.5) is 14.5 Å². The molecule has 1 fully saturated rings. The number of methoxy groups -OCH3 is 1. The molecule has 4 rings (SSSR count). The van der Waals surface area contributed by atoms with Crippen molar-refractivity contribution in [3.63, 3.8) is 0 Å². The molecule has 2 heterocycles. The fourth-order valence-corrected chi connectivity index (χ4v) is 3.59. The second kappa shape index (κ2) is 7.22. The van der Waals surface area contributed by atoms with Gasteiger partial charge in [0.15, 0.2) is 0 Å². The van der Waals surface area contributed by atoms with Gasteiger partial charge in [-0.2, -0.15) is 4.98 Å². The Morgan fingerprint density at radius 3 is 2.75 bits per heavy atom. The molecule has 2 aromatic carbocycles. The Morgan fingerprint density at radius 1 is 1.18 bits per heavy atom. The first-order valence-corrected chi connectivity index (χ1v) is 9.18. The van der Waals surface area contributed by atoms with Crippen molar-refractivity contribution in [2.24, 2.45) is 0 Å². The minimum atomic E-state index is -2.64. The van der Waals surface area contributed by atoms with E-state index in [4.69, 9.17) is 9.26 Å². The number of para-hydroxylation sites is 1. The summed E-state index contributed by atoms with van der Waals surface area (Å²) in [6, 6.07) is 13.0. The highest BCUT2D eigenvalue weighted by Crippen LogP contribution is 2.34. The first-order chi connectivity index (χ1) is 13.5. The number of nitrogens with zero attached hydrogens (tertiary/aromatic N) is 3. The van der Waals surface area contributed by atoms with E-state index in [0.29, 0.717) is 30.4 Å². The number of aryl methyl sites for hydroxylation is 1. The van der Waals surface area contributed by atoms with Crippen molar-refractivity contribution in [3.05, 3.63) is 48.0 Å². The van der Waals surface area contributed by atoms with Crippen molar-refractivity contribution in [1.29, 1.82) is 0 Å². The molecule has 0 unspecified atom stereocenters. The van der Waals surface area contributed by atoms with Gasteiger partial charge in [0.05, 0.1) is 19.2 Å². The Bertz CT molecular complexity index is 987. The van der Waals surface area contributed by atoms with Gasteiger partial charge in [-0.25, -0.2) is 8.78 Å². The number of anilines is 1. The number of benzene rings is 2. The summed E-state index contributed by atoms with van der Waals surface area (Å²) in [5.74, 6) is -1.17. The maximum absolute atomic E-state index is 13.8. The van der Waals surface area contributed by atoms with Crippen molar-refractivity contribution < 1.29 is 18.0 Å². The van der Waals surface area contributed by atoms with E-state index < -0.39 is 5.92 Å². The first-order valence-electron chi connectivity index (χ1n) is 9.18. The Hall–Kier alpha value is -2.96. The lowest BCUT2D eigenvalue weighted by atomic mass is 10.0. The number of alkyl halides is 2. The van der Waals surface area contributed by atoms with Crippen LogP contribution in [0.3, 0.4) is 0 Å². The van der Waals surface area contributed by atoms with Crippen LogP contribution in [0, 0.1) is 6.92 Å². The standard InChI is InChI=1S/C21H21F2N3O2/c1-14-12-15(8-9-17(14)26-11-5-10-21(22,23)13-26)20-24-19(25-28-20)16-6-3-4-7-18(16)27-2/h3-4,6-9,12H,5,10-11,13H2,1-2H3. The molecule has 0 spiro atoms. The third kappa shape index (κ3) is 3.56. The van der Waals surface area contributed by atoms with E-state index in [0.717, 1.165) is 22.4 Å². The summed E-state index contributed by atoms with van der Waals surface area (Å²) in [5.41, 5.74) is 3.20. The summed E-state index contributed by atoms with van der Waals surface area (Å²) >= 11 is 0. The summed E-state index contributed by atoms with van der Waals surface area (Å²) in [6.45, 7) is 2.29. The molecule has 0 saturated carbocycles. The fourth-order valence-electron chi connectivity index (χ4n) is 3.59. The molecule has 7 heteroatoms. The van der Waals surface area contributed by atoms with Crippen molar-refractivity contribution >= 4 is 5.69 Å². The highest BCUT2D eigenvalue weighted by molar-refractivity contribution is 5.68. The number of hydrogen-bond acceptors (Lipinski definition) is 5. The van der Waals surface area contributed by atoms with Crippen LogP contribution in [-0.2, 0) is 0 Å². The van der Waals surface area contributed by atoms with Crippen LogP contribution in [0.25, 0.3) is 22.8 Å². The number of hydrogen-bond donors (Lipinski definition) is 0. The molecule has 0 N–H and O–H groups in total. The number of halogens is 2. The summed E-state index contributed by atoms with van der Waals surface area (Å²) < 4.78 is 38.3. The molecule has 3 aromatic rings. The molecule has 1 aromatic heterocycles. The van der Waals surface area contributed by atoms with E-state index in [9.17, 15) is 8.78 Å². The van der Waals surface area contributed by atoms with Crippen LogP contribution in [0.15, 0.2) is 47.0 Å². The van der Waals surface area contributed by atoms with Crippen molar-refractivity contribution in [2.75, 3.05) is 25.1 Å². The molecule has 1 saturated heterocycles. The molecule has 1 aliphatic heterocycles. The maximum atomic E-state index is 13.8. The van der Waals surface area contributed by atoms with Gasteiger partial charge in [0.25, 0.3) is 11.8 Å². The Morgan fingerprint density at radius 2 is 2.00 bits per heavy atom. The van der Waals surface area contributed by atoms with Gasteiger partial charge >= 0.3 is 0 Å². The third-order valence-electron chi connectivity index (χ3n) is 4.95. The molecule has 1 aliphatic rings. The molecule has 146 valence electrons. The molecule has 0 amide bonds. The number of ether oxygens (including phenoxy) is 1. The fraction of sp³-hybridized carbons (Fsp3) is 0.333. The minimum Gasteiger partial charge on any atom is -0.496 e. The zero-order valence-corrected chi connectivity index (χ0v) is 15.8. The lowest BCUT2D eigenvalue weighted by Gasteiger charge is -2.35. The zero-order valence-electron chi connectivity index (χ0n) is 15.8. The predicted molar refractivity (Wildman–Crippen MR) is 103 cm³/mol. The molecule has 0 aliphatic carbocycles. The Labute approximate surface area is 161 Å². The van der Waals surface area contributed by atoms with Crippen molar-refractivity contribution in [1.82, 2.24) is 10.1 Å². The van der Waals surface area contributed by atoms with Gasteiger partial charge in [0, 0.05) is 24.2 Å². The van der Waals surface area contributed by atoms with E-state index in [1.807, 2.05) is 49.4 Å². The summed E-state index contributed by atoms with van der Waals surface area (Å²) in [4.78, 5) is 6.22. The van der Waals surface area contributed by atoms with Crippen LogP contribution in [-0.4, -0.2) is 36.3 Å². The SMILES string of the molecule is COc1ccccc1-c1noc(-c2ccc(N3CCCC(F)(F)C3)c(C)c2)n1. The quantitative estimate of drug-likeness (QED) is 0.636. The van der Waals surface area contributed by atoms with Crippen molar-refractivity contribution in [2.45, 2.75) is 25.7 Å². The smallest absolute Gasteiger partial charge is 0.265 e. The molecular weight excluding hydrogens is 364 g/mol. The second-order valence-corrected chi connectivity index (χ2v) is 7.01. The van der Waals surface area contributed by atoms with Gasteiger partial charge < -0.3 is 14.2 Å². The molecule has 28 heavy (non-hydrogen) atoms. The third-order valence-corrected chi connectivity index (χ3v) is 4.95. The minimum absolute atomic E-state index is 0.0473. The zero-order chi connectivity index (χ0) is 19.7.